The van der Waals surface area contributed by atoms with Crippen LogP contribution in [0.1, 0.15) is 36.0 Å². The first-order chi connectivity index (χ1) is 14.9. The number of aryl methyl sites for hydroxylation is 2. The zero-order valence-corrected chi connectivity index (χ0v) is 18.5. The molecule has 0 spiro atoms. The Bertz CT molecular complexity index is 657. The molecule has 3 N–H and O–H groups in total. The summed E-state index contributed by atoms with van der Waals surface area (Å²) in [6.07, 6.45) is 5.93. The molecule has 1 saturated heterocycles. The largest absolute Gasteiger partial charge is 0.315 e. The summed E-state index contributed by atoms with van der Waals surface area (Å²) in [5, 5.41) is 10.7. The van der Waals surface area contributed by atoms with Crippen LogP contribution in [0.5, 0.6) is 0 Å². The molecule has 0 radical (unpaired) electrons. The first-order valence-corrected chi connectivity index (χ1v) is 11.9. The molecule has 2 aromatic carbocycles. The number of benzene rings is 2. The molecular formula is C26H40N4. The molecule has 1 aliphatic heterocycles. The molecule has 1 aliphatic rings. The smallest absolute Gasteiger partial charge is 0.0234 e. The number of hydrogen-bond acceptors (Lipinski definition) is 4. The van der Waals surface area contributed by atoms with E-state index in [4.69, 9.17) is 0 Å². The second-order valence-electron chi connectivity index (χ2n) is 8.39. The maximum Gasteiger partial charge on any atom is 0.0234 e. The van der Waals surface area contributed by atoms with E-state index in [1.165, 1.54) is 36.0 Å². The number of hydrogen-bond donors (Lipinski definition) is 3. The maximum atomic E-state index is 3.60. The van der Waals surface area contributed by atoms with Crippen LogP contribution in [-0.2, 0) is 19.4 Å². The van der Waals surface area contributed by atoms with Gasteiger partial charge in [-0.3, -0.25) is 4.90 Å². The van der Waals surface area contributed by atoms with Gasteiger partial charge < -0.3 is 16.0 Å². The minimum absolute atomic E-state index is 1.05. The lowest BCUT2D eigenvalue weighted by atomic mass is 10.0. The van der Waals surface area contributed by atoms with Crippen LogP contribution in [0.3, 0.4) is 0 Å². The SMILES string of the molecule is c1ccc(CCCc2ccc(CN3CCCNCCNCCCNCC3)cc2)cc1. The van der Waals surface area contributed by atoms with E-state index in [1.807, 2.05) is 0 Å². The van der Waals surface area contributed by atoms with Gasteiger partial charge in [-0.2, -0.15) is 0 Å². The van der Waals surface area contributed by atoms with Crippen LogP contribution in [0.25, 0.3) is 0 Å². The lowest BCUT2D eigenvalue weighted by Gasteiger charge is -2.23. The third-order valence-electron chi connectivity index (χ3n) is 5.82. The van der Waals surface area contributed by atoms with Gasteiger partial charge in [0.1, 0.15) is 0 Å². The zero-order valence-electron chi connectivity index (χ0n) is 18.5. The second-order valence-corrected chi connectivity index (χ2v) is 8.39. The predicted octanol–water partition coefficient (Wildman–Crippen LogP) is 3.23. The Morgan fingerprint density at radius 2 is 1.17 bits per heavy atom. The maximum absolute atomic E-state index is 3.60. The van der Waals surface area contributed by atoms with Crippen molar-refractivity contribution in [2.75, 3.05) is 52.4 Å². The molecule has 0 atom stereocenters. The highest BCUT2D eigenvalue weighted by molar-refractivity contribution is 5.23. The molecule has 164 valence electrons. The van der Waals surface area contributed by atoms with Gasteiger partial charge in [0.25, 0.3) is 0 Å². The van der Waals surface area contributed by atoms with Crippen LogP contribution < -0.4 is 16.0 Å². The van der Waals surface area contributed by atoms with E-state index in [-0.39, 0.29) is 0 Å². The molecule has 1 fully saturated rings. The third kappa shape index (κ3) is 9.40. The molecule has 0 aromatic heterocycles. The van der Waals surface area contributed by atoms with E-state index in [0.29, 0.717) is 0 Å². The van der Waals surface area contributed by atoms with Crippen molar-refractivity contribution in [3.63, 3.8) is 0 Å². The van der Waals surface area contributed by atoms with Crippen molar-refractivity contribution < 1.29 is 0 Å². The Balaban J connectivity index is 1.42. The lowest BCUT2D eigenvalue weighted by Crippen LogP contribution is -2.36. The number of nitrogens with one attached hydrogen (secondary N) is 3. The molecule has 0 aliphatic carbocycles. The second kappa shape index (κ2) is 14.3. The molecule has 0 saturated carbocycles. The van der Waals surface area contributed by atoms with E-state index in [9.17, 15) is 0 Å². The number of nitrogens with zero attached hydrogens (tertiary/aromatic N) is 1. The van der Waals surface area contributed by atoms with E-state index in [0.717, 1.165) is 71.7 Å². The fraction of sp³-hybridized carbons (Fsp3) is 0.538. The third-order valence-corrected chi connectivity index (χ3v) is 5.82. The van der Waals surface area contributed by atoms with Crippen molar-refractivity contribution >= 4 is 0 Å². The van der Waals surface area contributed by atoms with E-state index in [1.54, 1.807) is 0 Å². The number of rotatable bonds is 6. The minimum atomic E-state index is 1.05. The van der Waals surface area contributed by atoms with Gasteiger partial charge in [0.15, 0.2) is 0 Å². The molecule has 0 unspecified atom stereocenters. The van der Waals surface area contributed by atoms with Crippen LogP contribution in [0.4, 0.5) is 0 Å². The van der Waals surface area contributed by atoms with Crippen molar-refractivity contribution in [3.05, 3.63) is 71.3 Å². The summed E-state index contributed by atoms with van der Waals surface area (Å²) in [5.74, 6) is 0. The van der Waals surface area contributed by atoms with Gasteiger partial charge >= 0.3 is 0 Å². The van der Waals surface area contributed by atoms with Gasteiger partial charge in [0, 0.05) is 32.7 Å². The summed E-state index contributed by atoms with van der Waals surface area (Å²) < 4.78 is 0. The summed E-state index contributed by atoms with van der Waals surface area (Å²) >= 11 is 0. The van der Waals surface area contributed by atoms with Crippen LogP contribution in [0.2, 0.25) is 0 Å². The highest BCUT2D eigenvalue weighted by atomic mass is 15.1. The Morgan fingerprint density at radius 1 is 0.567 bits per heavy atom. The van der Waals surface area contributed by atoms with Gasteiger partial charge in [-0.15, -0.1) is 0 Å². The van der Waals surface area contributed by atoms with Gasteiger partial charge in [-0.1, -0.05) is 54.6 Å². The quantitative estimate of drug-likeness (QED) is 0.686. The molecule has 0 bridgehead atoms. The van der Waals surface area contributed by atoms with Crippen LogP contribution >= 0.6 is 0 Å². The molecule has 2 aromatic rings. The van der Waals surface area contributed by atoms with Crippen LogP contribution in [0.15, 0.2) is 54.6 Å². The van der Waals surface area contributed by atoms with E-state index >= 15 is 0 Å². The summed E-state index contributed by atoms with van der Waals surface area (Å²) in [6.45, 7) is 9.85. The summed E-state index contributed by atoms with van der Waals surface area (Å²) in [5.41, 5.74) is 4.32. The molecule has 4 nitrogen and oxygen atoms in total. The average Bonchev–Trinajstić information content (AvgIpc) is 2.78. The Labute approximate surface area is 183 Å². The van der Waals surface area contributed by atoms with Crippen LogP contribution in [-0.4, -0.2) is 57.3 Å². The molecular weight excluding hydrogens is 368 g/mol. The van der Waals surface area contributed by atoms with Crippen LogP contribution in [0, 0.1) is 0 Å². The minimum Gasteiger partial charge on any atom is -0.315 e. The standard InChI is InChI=1S/C26H40N4/c1-2-7-24(8-3-1)9-4-10-25-11-13-26(14-12-25)23-30-21-6-17-28-19-18-27-15-5-16-29-20-22-30/h1-3,7-8,11-14,27-29H,4-6,9-10,15-23H2. The first-order valence-electron chi connectivity index (χ1n) is 11.9. The first kappa shape index (κ1) is 23.0. The normalized spacial score (nSPS) is 18.0. The fourth-order valence-electron chi connectivity index (χ4n) is 4.04. The van der Waals surface area contributed by atoms with Crippen molar-refractivity contribution in [2.24, 2.45) is 0 Å². The molecule has 3 rings (SSSR count). The lowest BCUT2D eigenvalue weighted by molar-refractivity contribution is 0.260. The molecule has 1 heterocycles. The summed E-state index contributed by atoms with van der Waals surface area (Å²) in [6, 6.07) is 20.1. The van der Waals surface area contributed by atoms with Crippen molar-refractivity contribution in [1.82, 2.24) is 20.9 Å². The van der Waals surface area contributed by atoms with Crippen molar-refractivity contribution in [2.45, 2.75) is 38.6 Å². The zero-order chi connectivity index (χ0) is 20.7. The van der Waals surface area contributed by atoms with Gasteiger partial charge in [0.2, 0.25) is 0 Å². The predicted molar refractivity (Wildman–Crippen MR) is 128 cm³/mol. The Kier molecular flexibility index (Phi) is 11.0. The van der Waals surface area contributed by atoms with Gasteiger partial charge in [-0.05, 0) is 75.0 Å². The highest BCUT2D eigenvalue weighted by Gasteiger charge is 2.07. The average molecular weight is 409 g/mol. The molecule has 0 amide bonds. The highest BCUT2D eigenvalue weighted by Crippen LogP contribution is 2.12. The van der Waals surface area contributed by atoms with E-state index < -0.39 is 0 Å². The Morgan fingerprint density at radius 3 is 1.90 bits per heavy atom. The summed E-state index contributed by atoms with van der Waals surface area (Å²) in [7, 11) is 0. The van der Waals surface area contributed by atoms with Gasteiger partial charge in [0.05, 0.1) is 0 Å². The monoisotopic (exact) mass is 408 g/mol. The topological polar surface area (TPSA) is 39.3 Å². The fourth-order valence-corrected chi connectivity index (χ4v) is 4.04. The van der Waals surface area contributed by atoms with Gasteiger partial charge in [-0.25, -0.2) is 0 Å². The molecule has 30 heavy (non-hydrogen) atoms. The molecule has 4 heteroatoms. The van der Waals surface area contributed by atoms with E-state index in [2.05, 4.69) is 75.4 Å². The van der Waals surface area contributed by atoms with Crippen molar-refractivity contribution in [1.29, 1.82) is 0 Å². The van der Waals surface area contributed by atoms with Crippen molar-refractivity contribution in [3.8, 4) is 0 Å². The summed E-state index contributed by atoms with van der Waals surface area (Å²) in [4.78, 5) is 2.60. The Hall–Kier alpha value is -1.72.